The third-order valence-corrected chi connectivity index (χ3v) is 5.18. The Morgan fingerprint density at radius 2 is 2.03 bits per heavy atom. The minimum absolute atomic E-state index is 0.0316. The number of nitrogens with one attached hydrogen (secondary N) is 2. The predicted octanol–water partition coefficient (Wildman–Crippen LogP) is 2.57. The van der Waals surface area contributed by atoms with E-state index in [0.29, 0.717) is 19.5 Å². The molecule has 0 spiro atoms. The molecule has 29 heavy (non-hydrogen) atoms. The number of benzene rings is 1. The van der Waals surface area contributed by atoms with Gasteiger partial charge in [-0.1, -0.05) is 0 Å². The highest BCUT2D eigenvalue weighted by Crippen LogP contribution is 2.22. The van der Waals surface area contributed by atoms with E-state index in [1.54, 1.807) is 24.1 Å². The van der Waals surface area contributed by atoms with Crippen molar-refractivity contribution in [3.8, 4) is 0 Å². The normalized spacial score (nSPS) is 15.9. The van der Waals surface area contributed by atoms with Gasteiger partial charge in [-0.2, -0.15) is 0 Å². The SMILES string of the molecule is CNc1cc(CN(C)C(=O)CCN(C)c2ccc(F)cc2)nc([C@H]2CCCN2)n1. The number of amides is 1. The maximum Gasteiger partial charge on any atom is 0.224 e. The van der Waals surface area contributed by atoms with Gasteiger partial charge in [0.15, 0.2) is 0 Å². The van der Waals surface area contributed by atoms with Crippen molar-refractivity contribution in [2.75, 3.05) is 44.4 Å². The lowest BCUT2D eigenvalue weighted by atomic mass is 10.2. The van der Waals surface area contributed by atoms with Gasteiger partial charge in [-0.25, -0.2) is 14.4 Å². The van der Waals surface area contributed by atoms with E-state index >= 15 is 0 Å². The lowest BCUT2D eigenvalue weighted by Gasteiger charge is -2.22. The lowest BCUT2D eigenvalue weighted by Crippen LogP contribution is -2.31. The van der Waals surface area contributed by atoms with Crippen LogP contribution in [0.4, 0.5) is 15.9 Å². The summed E-state index contributed by atoms with van der Waals surface area (Å²) in [5.41, 5.74) is 1.70. The first-order valence-electron chi connectivity index (χ1n) is 9.96. The second-order valence-corrected chi connectivity index (χ2v) is 7.40. The second kappa shape index (κ2) is 9.65. The van der Waals surface area contributed by atoms with E-state index in [4.69, 9.17) is 0 Å². The first-order valence-corrected chi connectivity index (χ1v) is 9.96. The Bertz CT molecular complexity index is 822. The highest BCUT2D eigenvalue weighted by atomic mass is 19.1. The van der Waals surface area contributed by atoms with Crippen LogP contribution in [-0.4, -0.2) is 55.0 Å². The van der Waals surface area contributed by atoms with Gasteiger partial charge in [0.05, 0.1) is 18.3 Å². The van der Waals surface area contributed by atoms with Crippen molar-refractivity contribution in [1.29, 1.82) is 0 Å². The zero-order valence-electron chi connectivity index (χ0n) is 17.3. The number of carbonyl (C=O) groups is 1. The molecule has 2 heterocycles. The smallest absolute Gasteiger partial charge is 0.224 e. The van der Waals surface area contributed by atoms with Gasteiger partial charge in [0.25, 0.3) is 0 Å². The van der Waals surface area contributed by atoms with Gasteiger partial charge in [0.2, 0.25) is 5.91 Å². The van der Waals surface area contributed by atoms with Crippen LogP contribution in [0, 0.1) is 5.82 Å². The fourth-order valence-corrected chi connectivity index (χ4v) is 3.40. The van der Waals surface area contributed by atoms with E-state index in [1.807, 2.05) is 25.1 Å². The minimum atomic E-state index is -0.268. The van der Waals surface area contributed by atoms with Crippen molar-refractivity contribution in [2.45, 2.75) is 31.8 Å². The Kier molecular flexibility index (Phi) is 6.98. The summed E-state index contributed by atoms with van der Waals surface area (Å²) < 4.78 is 13.1. The van der Waals surface area contributed by atoms with E-state index in [1.165, 1.54) is 12.1 Å². The Labute approximate surface area is 171 Å². The summed E-state index contributed by atoms with van der Waals surface area (Å²) in [4.78, 5) is 25.5. The van der Waals surface area contributed by atoms with E-state index < -0.39 is 0 Å². The summed E-state index contributed by atoms with van der Waals surface area (Å²) >= 11 is 0. The molecule has 1 aromatic carbocycles. The summed E-state index contributed by atoms with van der Waals surface area (Å²) in [5, 5.41) is 6.50. The van der Waals surface area contributed by atoms with Crippen LogP contribution in [0.25, 0.3) is 0 Å². The molecule has 2 aromatic rings. The summed E-state index contributed by atoms with van der Waals surface area (Å²) in [6.45, 7) is 1.96. The summed E-state index contributed by atoms with van der Waals surface area (Å²) in [6.07, 6.45) is 2.51. The van der Waals surface area contributed by atoms with Crippen LogP contribution in [0.1, 0.15) is 36.8 Å². The van der Waals surface area contributed by atoms with Gasteiger partial charge in [0, 0.05) is 45.9 Å². The monoisotopic (exact) mass is 400 g/mol. The first kappa shape index (κ1) is 21.0. The number of halogens is 1. The first-order chi connectivity index (χ1) is 14.0. The molecule has 1 aliphatic heterocycles. The largest absolute Gasteiger partial charge is 0.374 e. The molecule has 7 nitrogen and oxygen atoms in total. The van der Waals surface area contributed by atoms with Crippen molar-refractivity contribution in [3.05, 3.63) is 47.7 Å². The van der Waals surface area contributed by atoms with Gasteiger partial charge < -0.3 is 20.4 Å². The molecule has 0 saturated carbocycles. The molecule has 1 aliphatic rings. The molecular weight excluding hydrogens is 371 g/mol. The summed E-state index contributed by atoms with van der Waals surface area (Å²) in [7, 11) is 5.51. The maximum absolute atomic E-state index is 13.1. The molecule has 0 unspecified atom stereocenters. The number of rotatable bonds is 8. The number of nitrogens with zero attached hydrogens (tertiary/aromatic N) is 4. The molecule has 3 rings (SSSR count). The van der Waals surface area contributed by atoms with E-state index in [2.05, 4.69) is 20.6 Å². The topological polar surface area (TPSA) is 73.4 Å². The number of aromatic nitrogens is 2. The Hall–Kier alpha value is -2.74. The predicted molar refractivity (Wildman–Crippen MR) is 112 cm³/mol. The number of carbonyl (C=O) groups excluding carboxylic acids is 1. The van der Waals surface area contributed by atoms with Gasteiger partial charge in [-0.3, -0.25) is 4.79 Å². The third kappa shape index (κ3) is 5.63. The zero-order valence-corrected chi connectivity index (χ0v) is 17.3. The summed E-state index contributed by atoms with van der Waals surface area (Å²) in [5.74, 6) is 1.30. The lowest BCUT2D eigenvalue weighted by molar-refractivity contribution is -0.130. The van der Waals surface area contributed by atoms with E-state index in [-0.39, 0.29) is 17.8 Å². The van der Waals surface area contributed by atoms with E-state index in [0.717, 1.165) is 42.4 Å². The van der Waals surface area contributed by atoms with Crippen molar-refractivity contribution in [2.24, 2.45) is 0 Å². The minimum Gasteiger partial charge on any atom is -0.374 e. The Morgan fingerprint density at radius 1 is 1.28 bits per heavy atom. The Morgan fingerprint density at radius 3 is 2.69 bits per heavy atom. The average molecular weight is 401 g/mol. The van der Waals surface area contributed by atoms with Crippen molar-refractivity contribution >= 4 is 17.4 Å². The van der Waals surface area contributed by atoms with Crippen molar-refractivity contribution in [1.82, 2.24) is 20.2 Å². The van der Waals surface area contributed by atoms with Crippen LogP contribution >= 0.6 is 0 Å². The van der Waals surface area contributed by atoms with E-state index in [9.17, 15) is 9.18 Å². The standard InChI is InChI=1S/C21H29FN6O/c1-23-19-13-16(25-21(26-19)18-5-4-11-24-18)14-28(3)20(29)10-12-27(2)17-8-6-15(22)7-9-17/h6-9,13,18,24H,4-5,10-12,14H2,1-3H3,(H,23,25,26)/t18-/m1/s1. The molecule has 0 bridgehead atoms. The fourth-order valence-electron chi connectivity index (χ4n) is 3.40. The maximum atomic E-state index is 13.1. The van der Waals surface area contributed by atoms with Gasteiger partial charge >= 0.3 is 0 Å². The zero-order chi connectivity index (χ0) is 20.8. The molecule has 1 amide bonds. The fraction of sp³-hybridized carbons (Fsp3) is 0.476. The van der Waals surface area contributed by atoms with Crippen LogP contribution in [-0.2, 0) is 11.3 Å². The highest BCUT2D eigenvalue weighted by molar-refractivity contribution is 5.76. The number of hydrogen-bond acceptors (Lipinski definition) is 6. The van der Waals surface area contributed by atoms with Gasteiger partial charge in [-0.05, 0) is 43.7 Å². The van der Waals surface area contributed by atoms with Crippen LogP contribution in [0.5, 0.6) is 0 Å². The van der Waals surface area contributed by atoms with Crippen LogP contribution < -0.4 is 15.5 Å². The highest BCUT2D eigenvalue weighted by Gasteiger charge is 2.21. The molecular formula is C21H29FN6O. The molecule has 1 saturated heterocycles. The molecule has 2 N–H and O–H groups in total. The van der Waals surface area contributed by atoms with Crippen LogP contribution in [0.2, 0.25) is 0 Å². The number of anilines is 2. The average Bonchev–Trinajstić information content (AvgIpc) is 3.27. The molecule has 1 atom stereocenters. The molecule has 0 aliphatic carbocycles. The number of hydrogen-bond donors (Lipinski definition) is 2. The van der Waals surface area contributed by atoms with Gasteiger partial charge in [0.1, 0.15) is 17.5 Å². The third-order valence-electron chi connectivity index (χ3n) is 5.18. The molecule has 1 fully saturated rings. The van der Waals surface area contributed by atoms with Crippen LogP contribution in [0.3, 0.4) is 0 Å². The quantitative estimate of drug-likeness (QED) is 0.710. The molecule has 1 aromatic heterocycles. The van der Waals surface area contributed by atoms with Gasteiger partial charge in [-0.15, -0.1) is 0 Å². The molecule has 156 valence electrons. The summed E-state index contributed by atoms with van der Waals surface area (Å²) in [6, 6.07) is 8.32. The van der Waals surface area contributed by atoms with Crippen LogP contribution in [0.15, 0.2) is 30.3 Å². The molecule has 8 heteroatoms. The van der Waals surface area contributed by atoms with Crippen molar-refractivity contribution in [3.63, 3.8) is 0 Å². The Balaban J connectivity index is 1.58. The molecule has 0 radical (unpaired) electrons. The second-order valence-electron chi connectivity index (χ2n) is 7.40. The van der Waals surface area contributed by atoms with Crippen molar-refractivity contribution < 1.29 is 9.18 Å².